The number of aromatic nitrogens is 2. The normalized spacial score (nSPS) is 11.5. The predicted molar refractivity (Wildman–Crippen MR) is 141 cm³/mol. The van der Waals surface area contributed by atoms with Crippen LogP contribution in [0.4, 0.5) is 5.95 Å². The van der Waals surface area contributed by atoms with Gasteiger partial charge in [0.1, 0.15) is 5.75 Å². The summed E-state index contributed by atoms with van der Waals surface area (Å²) in [5.74, 6) is 0.836. The first-order valence-electron chi connectivity index (χ1n) is 11.8. The molecule has 4 rings (SSSR count). The number of nitrogens with one attached hydrogen (secondary N) is 1. The number of aliphatic hydroxyl groups is 1. The number of carbonyl (C=O) groups is 1. The smallest absolute Gasteiger partial charge is 0.257 e. The Morgan fingerprint density at radius 1 is 1.03 bits per heavy atom. The van der Waals surface area contributed by atoms with E-state index in [1.54, 1.807) is 32.5 Å². The van der Waals surface area contributed by atoms with Gasteiger partial charge in [0.2, 0.25) is 5.95 Å². The number of nitrogens with zero attached hydrogens (tertiary/aromatic N) is 3. The van der Waals surface area contributed by atoms with Gasteiger partial charge in [-0.05, 0) is 29.7 Å². The molecule has 184 valence electrons. The maximum atomic E-state index is 13.4. The SMILES string of the molecule is COc1cccc(C(O)CN(C)C(=O)c2cnc(NCCc3ccccc3)nc2-c2ccccc2)c1. The second-order valence-electron chi connectivity index (χ2n) is 8.46. The summed E-state index contributed by atoms with van der Waals surface area (Å²) in [5, 5.41) is 14.0. The Bertz CT molecular complexity index is 1280. The molecule has 1 amide bonds. The molecule has 0 aliphatic rings. The second kappa shape index (κ2) is 12.0. The summed E-state index contributed by atoms with van der Waals surface area (Å²) in [6, 6.07) is 26.9. The summed E-state index contributed by atoms with van der Waals surface area (Å²) >= 11 is 0. The van der Waals surface area contributed by atoms with Crippen LogP contribution in [-0.4, -0.2) is 53.1 Å². The van der Waals surface area contributed by atoms with Gasteiger partial charge >= 0.3 is 0 Å². The number of hydrogen-bond acceptors (Lipinski definition) is 6. The number of ether oxygens (including phenoxy) is 1. The minimum absolute atomic E-state index is 0.108. The summed E-state index contributed by atoms with van der Waals surface area (Å²) in [5.41, 5.74) is 3.62. The molecule has 36 heavy (non-hydrogen) atoms. The van der Waals surface area contributed by atoms with Crippen LogP contribution in [0.15, 0.2) is 91.1 Å². The highest BCUT2D eigenvalue weighted by Crippen LogP contribution is 2.25. The summed E-state index contributed by atoms with van der Waals surface area (Å²) in [6.07, 6.45) is 1.52. The molecule has 0 saturated carbocycles. The molecule has 4 aromatic rings. The highest BCUT2D eigenvalue weighted by molar-refractivity contribution is 5.99. The molecule has 2 N–H and O–H groups in total. The van der Waals surface area contributed by atoms with E-state index in [4.69, 9.17) is 4.74 Å². The third-order valence-corrected chi connectivity index (χ3v) is 5.88. The molecule has 0 radical (unpaired) electrons. The first kappa shape index (κ1) is 24.9. The van der Waals surface area contributed by atoms with Crippen molar-refractivity contribution in [2.75, 3.05) is 32.6 Å². The van der Waals surface area contributed by atoms with Crippen LogP contribution in [0.2, 0.25) is 0 Å². The standard InChI is InChI=1S/C29H30N4O3/c1-33(20-26(34)23-14-9-15-24(18-23)36-2)28(35)25-19-31-29(30-17-16-21-10-5-3-6-11-21)32-27(25)22-12-7-4-8-13-22/h3-15,18-19,26,34H,16-17,20H2,1-2H3,(H,30,31,32). The van der Waals surface area contributed by atoms with Crippen molar-refractivity contribution in [3.05, 3.63) is 108 Å². The number of likely N-dealkylation sites (N-methyl/N-ethyl adjacent to an activating group) is 1. The molecule has 0 bridgehead atoms. The van der Waals surface area contributed by atoms with E-state index in [0.717, 1.165) is 12.0 Å². The minimum Gasteiger partial charge on any atom is -0.497 e. The lowest BCUT2D eigenvalue weighted by Gasteiger charge is -2.22. The summed E-state index contributed by atoms with van der Waals surface area (Å²) in [4.78, 5) is 24.0. The predicted octanol–water partition coefficient (Wildman–Crippen LogP) is 4.61. The van der Waals surface area contributed by atoms with Crippen molar-refractivity contribution < 1.29 is 14.6 Å². The van der Waals surface area contributed by atoms with E-state index in [1.807, 2.05) is 60.7 Å². The molecule has 0 aliphatic heterocycles. The lowest BCUT2D eigenvalue weighted by Crippen LogP contribution is -2.32. The van der Waals surface area contributed by atoms with E-state index >= 15 is 0 Å². The monoisotopic (exact) mass is 482 g/mol. The molecule has 0 aliphatic carbocycles. The zero-order chi connectivity index (χ0) is 25.3. The van der Waals surface area contributed by atoms with Crippen LogP contribution < -0.4 is 10.1 Å². The van der Waals surface area contributed by atoms with E-state index in [9.17, 15) is 9.90 Å². The molecule has 7 heteroatoms. The maximum absolute atomic E-state index is 13.4. The van der Waals surface area contributed by atoms with Crippen molar-refractivity contribution in [2.45, 2.75) is 12.5 Å². The van der Waals surface area contributed by atoms with Crippen molar-refractivity contribution in [2.24, 2.45) is 0 Å². The van der Waals surface area contributed by atoms with Crippen LogP contribution in [0.1, 0.15) is 27.6 Å². The van der Waals surface area contributed by atoms with E-state index in [2.05, 4.69) is 27.4 Å². The molecule has 1 unspecified atom stereocenters. The Hall–Kier alpha value is -4.23. The molecular weight excluding hydrogens is 452 g/mol. The van der Waals surface area contributed by atoms with Gasteiger partial charge in [-0.25, -0.2) is 9.97 Å². The first-order chi connectivity index (χ1) is 17.5. The second-order valence-corrected chi connectivity index (χ2v) is 8.46. The fourth-order valence-corrected chi connectivity index (χ4v) is 3.91. The molecule has 0 fully saturated rings. The lowest BCUT2D eigenvalue weighted by atomic mass is 10.1. The van der Waals surface area contributed by atoms with Gasteiger partial charge in [-0.1, -0.05) is 72.8 Å². The molecule has 1 heterocycles. The van der Waals surface area contributed by atoms with E-state index in [0.29, 0.717) is 35.1 Å². The van der Waals surface area contributed by atoms with Gasteiger partial charge in [0, 0.05) is 25.4 Å². The first-order valence-corrected chi connectivity index (χ1v) is 11.8. The zero-order valence-corrected chi connectivity index (χ0v) is 20.5. The van der Waals surface area contributed by atoms with Crippen molar-refractivity contribution in [3.63, 3.8) is 0 Å². The molecular formula is C29H30N4O3. The fraction of sp³-hybridized carbons (Fsp3) is 0.207. The minimum atomic E-state index is -0.867. The molecule has 1 atom stereocenters. The Kier molecular flexibility index (Phi) is 8.26. The van der Waals surface area contributed by atoms with Crippen LogP contribution in [0.25, 0.3) is 11.3 Å². The van der Waals surface area contributed by atoms with Crippen molar-refractivity contribution in [1.29, 1.82) is 0 Å². The molecule has 0 saturated heterocycles. The van der Waals surface area contributed by atoms with Gasteiger partial charge < -0.3 is 20.1 Å². The number of carbonyl (C=O) groups excluding carboxylic acids is 1. The van der Waals surface area contributed by atoms with E-state index in [1.165, 1.54) is 10.5 Å². The Morgan fingerprint density at radius 2 is 1.75 bits per heavy atom. The average Bonchev–Trinajstić information content (AvgIpc) is 2.93. The van der Waals surface area contributed by atoms with Crippen molar-refractivity contribution >= 4 is 11.9 Å². The maximum Gasteiger partial charge on any atom is 0.257 e. The number of anilines is 1. The van der Waals surface area contributed by atoms with Crippen LogP contribution in [0, 0.1) is 0 Å². The van der Waals surface area contributed by atoms with Crippen LogP contribution in [0.5, 0.6) is 5.75 Å². The topological polar surface area (TPSA) is 87.6 Å². The van der Waals surface area contributed by atoms with Gasteiger partial charge in [-0.2, -0.15) is 0 Å². The lowest BCUT2D eigenvalue weighted by molar-refractivity contribution is 0.0681. The summed E-state index contributed by atoms with van der Waals surface area (Å²) in [6.45, 7) is 0.773. The Balaban J connectivity index is 1.52. The highest BCUT2D eigenvalue weighted by Gasteiger charge is 2.22. The molecule has 1 aromatic heterocycles. The molecule has 0 spiro atoms. The zero-order valence-electron chi connectivity index (χ0n) is 20.5. The van der Waals surface area contributed by atoms with Crippen LogP contribution in [0.3, 0.4) is 0 Å². The fourth-order valence-electron chi connectivity index (χ4n) is 3.91. The number of aliphatic hydroxyl groups excluding tert-OH is 1. The van der Waals surface area contributed by atoms with Gasteiger partial charge in [0.25, 0.3) is 5.91 Å². The van der Waals surface area contributed by atoms with Crippen molar-refractivity contribution in [3.8, 4) is 17.0 Å². The van der Waals surface area contributed by atoms with Crippen LogP contribution in [-0.2, 0) is 6.42 Å². The number of amides is 1. The molecule has 3 aromatic carbocycles. The van der Waals surface area contributed by atoms with Gasteiger partial charge in [-0.3, -0.25) is 4.79 Å². The summed E-state index contributed by atoms with van der Waals surface area (Å²) < 4.78 is 5.24. The summed E-state index contributed by atoms with van der Waals surface area (Å²) in [7, 11) is 3.24. The van der Waals surface area contributed by atoms with Crippen molar-refractivity contribution in [1.82, 2.24) is 14.9 Å². The third-order valence-electron chi connectivity index (χ3n) is 5.88. The number of methoxy groups -OCH3 is 1. The number of hydrogen-bond donors (Lipinski definition) is 2. The Morgan fingerprint density at radius 3 is 2.47 bits per heavy atom. The van der Waals surface area contributed by atoms with Gasteiger partial charge in [0.15, 0.2) is 0 Å². The number of benzene rings is 3. The Labute approximate surface area is 211 Å². The average molecular weight is 483 g/mol. The molecule has 7 nitrogen and oxygen atoms in total. The quantitative estimate of drug-likeness (QED) is 0.343. The highest BCUT2D eigenvalue weighted by atomic mass is 16.5. The van der Waals surface area contributed by atoms with E-state index in [-0.39, 0.29) is 12.5 Å². The third kappa shape index (κ3) is 6.25. The van der Waals surface area contributed by atoms with Crippen LogP contribution >= 0.6 is 0 Å². The van der Waals surface area contributed by atoms with E-state index < -0.39 is 6.10 Å². The number of rotatable bonds is 10. The van der Waals surface area contributed by atoms with Gasteiger partial charge in [0.05, 0.1) is 31.0 Å². The largest absolute Gasteiger partial charge is 0.497 e. The van der Waals surface area contributed by atoms with Gasteiger partial charge in [-0.15, -0.1) is 0 Å².